The molecule has 2 saturated heterocycles. The molecule has 0 radical (unpaired) electrons. The van der Waals surface area contributed by atoms with Gasteiger partial charge in [-0.25, -0.2) is 0 Å². The summed E-state index contributed by atoms with van der Waals surface area (Å²) < 4.78 is 8.07. The minimum absolute atomic E-state index is 0.103. The number of aromatic nitrogens is 2. The average Bonchev–Trinajstić information content (AvgIpc) is 3.23. The fourth-order valence-corrected chi connectivity index (χ4v) is 5.67. The van der Waals surface area contributed by atoms with Gasteiger partial charge in [-0.2, -0.15) is 5.10 Å². The van der Waals surface area contributed by atoms with Crippen molar-refractivity contribution in [1.82, 2.24) is 14.7 Å². The molecule has 126 valence electrons. The van der Waals surface area contributed by atoms with Gasteiger partial charge in [0.25, 0.3) is 5.91 Å². The maximum absolute atomic E-state index is 12.5. The lowest BCUT2D eigenvalue weighted by atomic mass is 9.92. The van der Waals surface area contributed by atoms with Crippen LogP contribution in [0.2, 0.25) is 0 Å². The highest BCUT2D eigenvalue weighted by Crippen LogP contribution is 2.46. The van der Waals surface area contributed by atoms with E-state index in [-0.39, 0.29) is 10.7 Å². The van der Waals surface area contributed by atoms with Crippen LogP contribution in [-0.4, -0.2) is 56.9 Å². The third-order valence-corrected chi connectivity index (χ3v) is 7.08. The van der Waals surface area contributed by atoms with Crippen molar-refractivity contribution in [3.05, 3.63) is 18.0 Å². The van der Waals surface area contributed by atoms with E-state index in [1.165, 1.54) is 25.7 Å². The van der Waals surface area contributed by atoms with E-state index < -0.39 is 0 Å². The summed E-state index contributed by atoms with van der Waals surface area (Å²) in [5.41, 5.74) is 0.678. The maximum Gasteiger partial charge on any atom is 0.272 e. The quantitative estimate of drug-likeness (QED) is 0.847. The Balaban J connectivity index is 1.26. The van der Waals surface area contributed by atoms with E-state index in [4.69, 9.17) is 4.74 Å². The Kier molecular flexibility index (Phi) is 4.13. The number of thioether (sulfide) groups is 1. The van der Waals surface area contributed by atoms with Gasteiger partial charge in [-0.05, 0) is 31.2 Å². The number of rotatable bonds is 4. The number of ether oxygens (including phenoxy) is 1. The van der Waals surface area contributed by atoms with Crippen LogP contribution in [0.5, 0.6) is 0 Å². The topological polar surface area (TPSA) is 47.4 Å². The molecule has 6 heteroatoms. The molecule has 3 aliphatic rings. The molecule has 1 amide bonds. The molecular formula is C17H25N3O2S. The molecule has 1 aliphatic carbocycles. The monoisotopic (exact) mass is 335 g/mol. The third kappa shape index (κ3) is 3.03. The first-order valence-electron chi connectivity index (χ1n) is 8.68. The molecule has 1 aromatic rings. The summed E-state index contributed by atoms with van der Waals surface area (Å²) in [5, 5.41) is 4.09. The van der Waals surface area contributed by atoms with Gasteiger partial charge in [-0.3, -0.25) is 9.48 Å². The Morgan fingerprint density at radius 2 is 2.22 bits per heavy atom. The van der Waals surface area contributed by atoms with E-state index in [0.29, 0.717) is 11.8 Å². The van der Waals surface area contributed by atoms with Gasteiger partial charge in [0.1, 0.15) is 5.69 Å². The van der Waals surface area contributed by atoms with Crippen molar-refractivity contribution in [2.24, 2.45) is 13.0 Å². The van der Waals surface area contributed by atoms with Crippen LogP contribution in [0.25, 0.3) is 0 Å². The van der Waals surface area contributed by atoms with Crippen LogP contribution in [0.3, 0.4) is 0 Å². The summed E-state index contributed by atoms with van der Waals surface area (Å²) >= 11 is 2.00. The van der Waals surface area contributed by atoms with Crippen LogP contribution in [0.15, 0.2) is 12.3 Å². The summed E-state index contributed by atoms with van der Waals surface area (Å²) in [6.45, 7) is 2.65. The van der Waals surface area contributed by atoms with Crippen molar-refractivity contribution < 1.29 is 9.53 Å². The Labute approximate surface area is 141 Å². The van der Waals surface area contributed by atoms with Crippen molar-refractivity contribution in [1.29, 1.82) is 0 Å². The highest BCUT2D eigenvalue weighted by Gasteiger charge is 2.51. The molecule has 23 heavy (non-hydrogen) atoms. The summed E-state index contributed by atoms with van der Waals surface area (Å²) in [4.78, 5) is 14.4. The zero-order valence-corrected chi connectivity index (χ0v) is 14.6. The fraction of sp³-hybridized carbons (Fsp3) is 0.765. The third-order valence-electron chi connectivity index (χ3n) is 5.50. The standard InChI is InChI=1S/C17H25N3O2S/c1-19-15(6-7-18-19)16(21)20-11-17(12-20)8-14(10-23-17)22-9-13-4-2-3-5-13/h6-7,13-14H,2-5,8-12H2,1H3/t14-/m0/s1. The molecule has 3 heterocycles. The molecule has 3 fully saturated rings. The minimum atomic E-state index is 0.103. The number of carbonyl (C=O) groups excluding carboxylic acids is 1. The Hall–Kier alpha value is -1.01. The van der Waals surface area contributed by atoms with Crippen LogP contribution in [0, 0.1) is 5.92 Å². The number of likely N-dealkylation sites (tertiary alicyclic amines) is 1. The lowest BCUT2D eigenvalue weighted by Gasteiger charge is -2.47. The van der Waals surface area contributed by atoms with E-state index in [0.717, 1.165) is 37.8 Å². The first kappa shape index (κ1) is 15.5. The van der Waals surface area contributed by atoms with Gasteiger partial charge in [-0.1, -0.05) is 12.8 Å². The molecule has 2 aliphatic heterocycles. The first-order valence-corrected chi connectivity index (χ1v) is 9.67. The molecule has 0 N–H and O–H groups in total. The molecule has 1 spiro atoms. The summed E-state index contributed by atoms with van der Waals surface area (Å²) in [6.07, 6.45) is 8.61. The van der Waals surface area contributed by atoms with Gasteiger partial charge >= 0.3 is 0 Å². The van der Waals surface area contributed by atoms with Crippen molar-refractivity contribution in [2.45, 2.75) is 43.0 Å². The molecule has 0 unspecified atom stereocenters. The van der Waals surface area contributed by atoms with Gasteiger partial charge in [-0.15, -0.1) is 11.8 Å². The van der Waals surface area contributed by atoms with Crippen molar-refractivity contribution in [3.63, 3.8) is 0 Å². The second-order valence-corrected chi connectivity index (χ2v) is 8.79. The maximum atomic E-state index is 12.5. The number of hydrogen-bond donors (Lipinski definition) is 0. The van der Waals surface area contributed by atoms with Crippen molar-refractivity contribution in [2.75, 3.05) is 25.4 Å². The van der Waals surface area contributed by atoms with Gasteiger partial charge < -0.3 is 9.64 Å². The highest BCUT2D eigenvalue weighted by molar-refractivity contribution is 8.01. The molecule has 0 aromatic carbocycles. The second-order valence-electron chi connectivity index (χ2n) is 7.31. The van der Waals surface area contributed by atoms with E-state index in [2.05, 4.69) is 5.10 Å². The molecule has 5 nitrogen and oxygen atoms in total. The largest absolute Gasteiger partial charge is 0.377 e. The smallest absolute Gasteiger partial charge is 0.272 e. The molecule has 1 atom stereocenters. The normalized spacial score (nSPS) is 26.8. The fourth-order valence-electron chi connectivity index (χ4n) is 4.12. The van der Waals surface area contributed by atoms with Crippen molar-refractivity contribution >= 4 is 17.7 Å². The molecule has 1 saturated carbocycles. The molecule has 1 aromatic heterocycles. The number of carbonyl (C=O) groups is 1. The summed E-state index contributed by atoms with van der Waals surface area (Å²) in [5.74, 6) is 1.98. The van der Waals surface area contributed by atoms with E-state index in [1.807, 2.05) is 23.7 Å². The highest BCUT2D eigenvalue weighted by atomic mass is 32.2. The predicted octanol–water partition coefficient (Wildman–Crippen LogP) is 2.33. The van der Waals surface area contributed by atoms with Gasteiger partial charge in [0.2, 0.25) is 0 Å². The predicted molar refractivity (Wildman–Crippen MR) is 90.6 cm³/mol. The van der Waals surface area contributed by atoms with Crippen LogP contribution in [0.4, 0.5) is 0 Å². The average molecular weight is 335 g/mol. The van der Waals surface area contributed by atoms with Crippen LogP contribution in [-0.2, 0) is 11.8 Å². The van der Waals surface area contributed by atoms with Crippen molar-refractivity contribution in [3.8, 4) is 0 Å². The van der Waals surface area contributed by atoms with E-state index in [1.54, 1.807) is 16.9 Å². The zero-order chi connectivity index (χ0) is 15.9. The number of nitrogens with zero attached hydrogens (tertiary/aromatic N) is 3. The zero-order valence-electron chi connectivity index (χ0n) is 13.7. The van der Waals surface area contributed by atoms with Crippen LogP contribution >= 0.6 is 11.8 Å². The minimum Gasteiger partial charge on any atom is -0.377 e. The molecule has 0 bridgehead atoms. The van der Waals surface area contributed by atoms with Crippen LogP contribution in [0.1, 0.15) is 42.6 Å². The van der Waals surface area contributed by atoms with Crippen LogP contribution < -0.4 is 0 Å². The lowest BCUT2D eigenvalue weighted by molar-refractivity contribution is 0.0194. The van der Waals surface area contributed by atoms with E-state index in [9.17, 15) is 4.79 Å². The Morgan fingerprint density at radius 1 is 1.43 bits per heavy atom. The molecule has 4 rings (SSSR count). The van der Waals surface area contributed by atoms with Gasteiger partial charge in [0, 0.05) is 38.7 Å². The molecular weight excluding hydrogens is 310 g/mol. The first-order chi connectivity index (χ1) is 11.2. The van der Waals surface area contributed by atoms with Gasteiger partial charge in [0.15, 0.2) is 0 Å². The van der Waals surface area contributed by atoms with E-state index >= 15 is 0 Å². The SMILES string of the molecule is Cn1nccc1C(=O)N1CC2(C[C@H](OCC3CCCC3)CS2)C1. The number of aryl methyl sites for hydroxylation is 1. The number of amides is 1. The Morgan fingerprint density at radius 3 is 2.91 bits per heavy atom. The summed E-state index contributed by atoms with van der Waals surface area (Å²) in [7, 11) is 1.82. The lowest BCUT2D eigenvalue weighted by Crippen LogP contribution is -2.61. The summed E-state index contributed by atoms with van der Waals surface area (Å²) in [6, 6.07) is 1.79. The second kappa shape index (κ2) is 6.13. The Bertz CT molecular complexity index is 576. The van der Waals surface area contributed by atoms with Gasteiger partial charge in [0.05, 0.1) is 10.9 Å². The number of hydrogen-bond acceptors (Lipinski definition) is 4.